The minimum absolute atomic E-state index is 0.121. The van der Waals surface area contributed by atoms with Crippen LogP contribution in [0.5, 0.6) is 0 Å². The number of halogens is 3. The molecule has 102 valence electrons. The van der Waals surface area contributed by atoms with Crippen molar-refractivity contribution in [1.82, 2.24) is 10.2 Å². The van der Waals surface area contributed by atoms with Crippen LogP contribution in [0.3, 0.4) is 0 Å². The maximum absolute atomic E-state index is 12.5. The van der Waals surface area contributed by atoms with Gasteiger partial charge in [0.15, 0.2) is 0 Å². The zero-order valence-corrected chi connectivity index (χ0v) is 10.9. The van der Waals surface area contributed by atoms with E-state index in [0.29, 0.717) is 6.54 Å². The Morgan fingerprint density at radius 2 is 1.76 bits per heavy atom. The highest BCUT2D eigenvalue weighted by Crippen LogP contribution is 2.32. The molecule has 1 aliphatic rings. The van der Waals surface area contributed by atoms with Crippen molar-refractivity contribution in [1.29, 1.82) is 0 Å². The second-order valence-corrected chi connectivity index (χ2v) is 5.70. The van der Waals surface area contributed by atoms with E-state index in [1.165, 1.54) is 0 Å². The summed E-state index contributed by atoms with van der Waals surface area (Å²) in [6, 6.07) is 0.150. The van der Waals surface area contributed by atoms with Crippen LogP contribution in [-0.2, 0) is 0 Å². The molecule has 0 aromatic carbocycles. The van der Waals surface area contributed by atoms with Gasteiger partial charge in [-0.15, -0.1) is 0 Å². The van der Waals surface area contributed by atoms with Gasteiger partial charge in [0, 0.05) is 19.1 Å². The van der Waals surface area contributed by atoms with Gasteiger partial charge in [0.05, 0.1) is 6.54 Å². The molecule has 0 bridgehead atoms. The van der Waals surface area contributed by atoms with E-state index in [9.17, 15) is 13.2 Å². The molecule has 0 unspecified atom stereocenters. The summed E-state index contributed by atoms with van der Waals surface area (Å²) >= 11 is 0. The monoisotopic (exact) mass is 252 g/mol. The van der Waals surface area contributed by atoms with Gasteiger partial charge in [-0.1, -0.05) is 20.8 Å². The van der Waals surface area contributed by atoms with Crippen LogP contribution in [-0.4, -0.2) is 43.3 Å². The van der Waals surface area contributed by atoms with Gasteiger partial charge < -0.3 is 5.32 Å². The third-order valence-electron chi connectivity index (χ3n) is 2.93. The maximum Gasteiger partial charge on any atom is 0.401 e. The van der Waals surface area contributed by atoms with Crippen LogP contribution in [0, 0.1) is 5.41 Å². The summed E-state index contributed by atoms with van der Waals surface area (Å²) in [6.45, 7) is 7.38. The van der Waals surface area contributed by atoms with Crippen LogP contribution in [0.2, 0.25) is 0 Å². The molecule has 17 heavy (non-hydrogen) atoms. The van der Waals surface area contributed by atoms with Crippen LogP contribution in [0.1, 0.15) is 33.6 Å². The van der Waals surface area contributed by atoms with Gasteiger partial charge in [-0.25, -0.2) is 0 Å². The predicted octanol–water partition coefficient (Wildman–Crippen LogP) is 2.65. The number of rotatable bonds is 7. The molecule has 0 aliphatic heterocycles. The molecule has 1 rings (SSSR count). The van der Waals surface area contributed by atoms with E-state index in [-0.39, 0.29) is 11.5 Å². The third kappa shape index (κ3) is 6.27. The van der Waals surface area contributed by atoms with Crippen LogP contribution >= 0.6 is 0 Å². The van der Waals surface area contributed by atoms with Crippen LogP contribution in [0.15, 0.2) is 0 Å². The Bertz CT molecular complexity index is 234. The average Bonchev–Trinajstić information content (AvgIpc) is 2.94. The molecule has 5 heteroatoms. The summed E-state index contributed by atoms with van der Waals surface area (Å²) in [5.74, 6) is 0. The average molecular weight is 252 g/mol. The van der Waals surface area contributed by atoms with Crippen molar-refractivity contribution in [2.24, 2.45) is 5.41 Å². The fraction of sp³-hybridized carbons (Fsp3) is 1.00. The highest BCUT2D eigenvalue weighted by atomic mass is 19.4. The third-order valence-corrected chi connectivity index (χ3v) is 2.93. The zero-order valence-electron chi connectivity index (χ0n) is 10.9. The van der Waals surface area contributed by atoms with Gasteiger partial charge in [0.25, 0.3) is 0 Å². The highest BCUT2D eigenvalue weighted by Gasteiger charge is 2.39. The van der Waals surface area contributed by atoms with Crippen molar-refractivity contribution < 1.29 is 13.2 Å². The molecule has 0 atom stereocenters. The number of hydrogen-bond acceptors (Lipinski definition) is 2. The Morgan fingerprint density at radius 1 is 1.18 bits per heavy atom. The molecule has 0 aromatic rings. The van der Waals surface area contributed by atoms with Crippen molar-refractivity contribution in [2.45, 2.75) is 45.8 Å². The molecule has 1 N–H and O–H groups in total. The van der Waals surface area contributed by atoms with Gasteiger partial charge in [-0.2, -0.15) is 13.2 Å². The van der Waals surface area contributed by atoms with E-state index in [1.807, 2.05) is 20.8 Å². The summed E-state index contributed by atoms with van der Waals surface area (Å²) in [6.07, 6.45) is -2.27. The molecule has 0 spiro atoms. The Kier molecular flexibility index (Phi) is 4.84. The van der Waals surface area contributed by atoms with Crippen LogP contribution < -0.4 is 5.32 Å². The molecule has 0 radical (unpaired) electrons. The van der Waals surface area contributed by atoms with Crippen molar-refractivity contribution >= 4 is 0 Å². The number of nitrogens with one attached hydrogen (secondary N) is 1. The van der Waals surface area contributed by atoms with Crippen molar-refractivity contribution in [2.75, 3.05) is 26.2 Å². The van der Waals surface area contributed by atoms with Gasteiger partial charge >= 0.3 is 6.18 Å². The van der Waals surface area contributed by atoms with Crippen molar-refractivity contribution in [3.63, 3.8) is 0 Å². The lowest BCUT2D eigenvalue weighted by Gasteiger charge is -2.33. The summed E-state index contributed by atoms with van der Waals surface area (Å²) in [5.41, 5.74) is -0.121. The van der Waals surface area contributed by atoms with E-state index in [2.05, 4.69) is 5.32 Å². The first kappa shape index (κ1) is 14.8. The summed E-state index contributed by atoms with van der Waals surface area (Å²) < 4.78 is 37.4. The SMILES string of the molecule is CCNCC(C)(C)CN(CC(F)(F)F)C1CC1. The quantitative estimate of drug-likeness (QED) is 0.749. The van der Waals surface area contributed by atoms with E-state index in [1.54, 1.807) is 4.90 Å². The molecule has 1 aliphatic carbocycles. The second-order valence-electron chi connectivity index (χ2n) is 5.70. The van der Waals surface area contributed by atoms with E-state index < -0.39 is 12.7 Å². The Labute approximate surface area is 102 Å². The van der Waals surface area contributed by atoms with E-state index in [0.717, 1.165) is 25.9 Å². The molecule has 1 fully saturated rings. The zero-order chi connectivity index (χ0) is 13.1. The number of nitrogens with zero attached hydrogens (tertiary/aromatic N) is 1. The standard InChI is InChI=1S/C12H23F3N2/c1-4-16-7-11(2,3)8-17(10-5-6-10)9-12(13,14)15/h10,16H,4-9H2,1-3H3. The minimum atomic E-state index is -4.09. The maximum atomic E-state index is 12.5. The lowest BCUT2D eigenvalue weighted by molar-refractivity contribution is -0.149. The smallest absolute Gasteiger partial charge is 0.316 e. The molecule has 0 heterocycles. The minimum Gasteiger partial charge on any atom is -0.316 e. The second kappa shape index (κ2) is 5.57. The molecule has 0 saturated heterocycles. The highest BCUT2D eigenvalue weighted by molar-refractivity contribution is 4.89. The Morgan fingerprint density at radius 3 is 2.18 bits per heavy atom. The fourth-order valence-corrected chi connectivity index (χ4v) is 2.05. The van der Waals surface area contributed by atoms with Crippen molar-refractivity contribution in [3.05, 3.63) is 0 Å². The predicted molar refractivity (Wildman–Crippen MR) is 63.0 cm³/mol. The summed E-state index contributed by atoms with van der Waals surface area (Å²) in [4.78, 5) is 1.59. The Hall–Kier alpha value is -0.290. The lowest BCUT2D eigenvalue weighted by atomic mass is 9.92. The lowest BCUT2D eigenvalue weighted by Crippen LogP contribution is -2.45. The molecular weight excluding hydrogens is 229 g/mol. The number of hydrogen-bond donors (Lipinski definition) is 1. The topological polar surface area (TPSA) is 15.3 Å². The van der Waals surface area contributed by atoms with Crippen LogP contribution in [0.25, 0.3) is 0 Å². The first-order valence-corrected chi connectivity index (χ1v) is 6.25. The molecule has 2 nitrogen and oxygen atoms in total. The van der Waals surface area contributed by atoms with Gasteiger partial charge in [0.2, 0.25) is 0 Å². The van der Waals surface area contributed by atoms with E-state index in [4.69, 9.17) is 0 Å². The molecular formula is C12H23F3N2. The molecule has 0 aromatic heterocycles. The summed E-state index contributed by atoms with van der Waals surface area (Å²) in [5, 5.41) is 3.21. The molecule has 1 saturated carbocycles. The van der Waals surface area contributed by atoms with Gasteiger partial charge in [-0.3, -0.25) is 4.90 Å². The van der Waals surface area contributed by atoms with Gasteiger partial charge in [0.1, 0.15) is 0 Å². The van der Waals surface area contributed by atoms with Crippen LogP contribution in [0.4, 0.5) is 13.2 Å². The summed E-state index contributed by atoms with van der Waals surface area (Å²) in [7, 11) is 0. The van der Waals surface area contributed by atoms with Crippen molar-refractivity contribution in [3.8, 4) is 0 Å². The first-order valence-electron chi connectivity index (χ1n) is 6.25. The normalized spacial score (nSPS) is 17.8. The molecule has 0 amide bonds. The largest absolute Gasteiger partial charge is 0.401 e. The first-order chi connectivity index (χ1) is 7.73. The Balaban J connectivity index is 2.48. The van der Waals surface area contributed by atoms with Gasteiger partial charge in [-0.05, 0) is 24.8 Å². The van der Waals surface area contributed by atoms with E-state index >= 15 is 0 Å². The fourth-order valence-electron chi connectivity index (χ4n) is 2.05. The number of alkyl halides is 3.